The summed E-state index contributed by atoms with van der Waals surface area (Å²) < 4.78 is 20.5. The lowest BCUT2D eigenvalue weighted by Crippen LogP contribution is -2.21. The molecule has 1 aliphatic heterocycles. The predicted octanol–water partition coefficient (Wildman–Crippen LogP) is 4.92. The van der Waals surface area contributed by atoms with Crippen molar-refractivity contribution in [2.24, 2.45) is 10.4 Å². The van der Waals surface area contributed by atoms with E-state index in [2.05, 4.69) is 43.1 Å². The molecule has 0 saturated heterocycles. The van der Waals surface area contributed by atoms with Crippen LogP contribution >= 0.6 is 0 Å². The normalized spacial score (nSPS) is 21.4. The van der Waals surface area contributed by atoms with Crippen LogP contribution in [0.2, 0.25) is 0 Å². The Kier molecular flexibility index (Phi) is 5.41. The quantitative estimate of drug-likeness (QED) is 0.708. The molecule has 4 rings (SSSR count). The van der Waals surface area contributed by atoms with Crippen LogP contribution in [0.5, 0.6) is 5.75 Å². The van der Waals surface area contributed by atoms with Crippen molar-refractivity contribution in [2.45, 2.75) is 26.7 Å². The molecule has 1 atom stereocenters. The molecule has 4 nitrogen and oxygen atoms in total. The number of rotatable bonds is 6. The summed E-state index contributed by atoms with van der Waals surface area (Å²) >= 11 is 0. The molecule has 0 radical (unpaired) electrons. The van der Waals surface area contributed by atoms with Crippen LogP contribution in [0.1, 0.15) is 37.8 Å². The van der Waals surface area contributed by atoms with Gasteiger partial charge < -0.3 is 9.84 Å². The van der Waals surface area contributed by atoms with Crippen LogP contribution in [0.25, 0.3) is 16.3 Å². The number of halogens is 1. The highest BCUT2D eigenvalue weighted by Crippen LogP contribution is 2.43. The first kappa shape index (κ1) is 19.6. The second-order valence-electron chi connectivity index (χ2n) is 7.92. The van der Waals surface area contributed by atoms with E-state index in [9.17, 15) is 9.59 Å². The molecule has 0 saturated carbocycles. The van der Waals surface area contributed by atoms with Crippen molar-refractivity contribution in [2.75, 3.05) is 26.3 Å². The third kappa shape index (κ3) is 3.67. The number of benzene rings is 2. The maximum atomic E-state index is 14.5. The van der Waals surface area contributed by atoms with Crippen LogP contribution < -0.4 is 4.74 Å². The van der Waals surface area contributed by atoms with Crippen molar-refractivity contribution in [3.63, 3.8) is 0 Å². The molecule has 1 unspecified atom stereocenters. The Morgan fingerprint density at radius 1 is 1.31 bits per heavy atom. The highest BCUT2D eigenvalue weighted by atomic mass is 19.2. The van der Waals surface area contributed by atoms with Crippen LogP contribution in [0.4, 0.5) is 4.48 Å². The molecule has 0 amide bonds. The maximum absolute atomic E-state index is 14.5. The van der Waals surface area contributed by atoms with Crippen molar-refractivity contribution in [1.29, 1.82) is 0 Å². The number of hydrogen-bond donors (Lipinski definition) is 1. The molecule has 1 aliphatic carbocycles. The number of aliphatic hydroxyl groups is 1. The molecule has 0 bridgehead atoms. The lowest BCUT2D eigenvalue weighted by atomic mass is 9.78. The average molecular weight is 394 g/mol. The van der Waals surface area contributed by atoms with E-state index in [0.29, 0.717) is 28.8 Å². The smallest absolute Gasteiger partial charge is 0.164 e. The van der Waals surface area contributed by atoms with Crippen LogP contribution in [0, 0.1) is 5.41 Å². The minimum Gasteiger partial charge on any atom is -0.490 e. The van der Waals surface area contributed by atoms with Gasteiger partial charge in [0.25, 0.3) is 0 Å². The number of nitrogens with zero attached hydrogens (tertiary/aromatic N) is 2. The molecular weight excluding hydrogens is 367 g/mol. The molecule has 2 aromatic carbocycles. The van der Waals surface area contributed by atoms with Gasteiger partial charge in [0, 0.05) is 5.56 Å². The Hall–Kier alpha value is -2.66. The predicted molar refractivity (Wildman–Crippen MR) is 116 cm³/mol. The highest BCUT2D eigenvalue weighted by Gasteiger charge is 2.28. The lowest BCUT2D eigenvalue weighted by Gasteiger charge is -2.28. The first-order valence-electron chi connectivity index (χ1n) is 10.2. The van der Waals surface area contributed by atoms with E-state index < -0.39 is 0 Å². The van der Waals surface area contributed by atoms with Gasteiger partial charge in [0.2, 0.25) is 0 Å². The standard InChI is InChI=1S/C24H27FN2O2/c1-3-24(2)10-8-17(9-11-24)21-19-7-5-4-6-18(19)16-20(22(21)29-15-14-28)23-26-12-13-27(23)25/h4-10,16,28H,3,11-15H2,1-2H3. The van der Waals surface area contributed by atoms with Crippen LogP contribution in [0.15, 0.2) is 53.6 Å². The van der Waals surface area contributed by atoms with E-state index in [-0.39, 0.29) is 25.2 Å². The summed E-state index contributed by atoms with van der Waals surface area (Å²) in [6.07, 6.45) is 8.64. The first-order chi connectivity index (χ1) is 14.1. The monoisotopic (exact) mass is 394 g/mol. The van der Waals surface area contributed by atoms with E-state index >= 15 is 0 Å². The Labute approximate surface area is 170 Å². The van der Waals surface area contributed by atoms with Gasteiger partial charge in [0.1, 0.15) is 12.4 Å². The van der Waals surface area contributed by atoms with Gasteiger partial charge in [-0.15, -0.1) is 0 Å². The SMILES string of the molecule is CCC1(C)C=CC(c2c(OCCO)c(C3=NCCN3F)cc3ccccc23)=CC1. The Bertz CT molecular complexity index is 1010. The number of allylic oxidation sites excluding steroid dienone is 4. The molecule has 1 heterocycles. The van der Waals surface area contributed by atoms with Crippen molar-refractivity contribution in [3.8, 4) is 5.75 Å². The number of fused-ring (bicyclic) bond motifs is 1. The molecule has 5 heteroatoms. The Balaban J connectivity index is 1.95. The third-order valence-electron chi connectivity index (χ3n) is 5.92. The third-order valence-corrected chi connectivity index (χ3v) is 5.92. The van der Waals surface area contributed by atoms with Crippen LogP contribution in [0.3, 0.4) is 0 Å². The number of aliphatic imine (C=N–C) groups is 1. The molecular formula is C24H27FN2O2. The summed E-state index contributed by atoms with van der Waals surface area (Å²) in [7, 11) is 0. The minimum atomic E-state index is -0.111. The van der Waals surface area contributed by atoms with Crippen LogP contribution in [-0.2, 0) is 0 Å². The summed E-state index contributed by atoms with van der Waals surface area (Å²) in [5.41, 5.74) is 2.77. The van der Waals surface area contributed by atoms with Gasteiger partial charge in [0.15, 0.2) is 5.84 Å². The van der Waals surface area contributed by atoms with Gasteiger partial charge in [-0.2, -0.15) is 5.12 Å². The van der Waals surface area contributed by atoms with E-state index in [1.54, 1.807) is 0 Å². The summed E-state index contributed by atoms with van der Waals surface area (Å²) in [6, 6.07) is 10.0. The summed E-state index contributed by atoms with van der Waals surface area (Å²) in [6.45, 7) is 5.15. The zero-order valence-corrected chi connectivity index (χ0v) is 17.0. The molecule has 2 aromatic rings. The largest absolute Gasteiger partial charge is 0.490 e. The minimum absolute atomic E-state index is 0.111. The first-order valence-corrected chi connectivity index (χ1v) is 10.2. The number of hydrogen-bond acceptors (Lipinski definition) is 4. The highest BCUT2D eigenvalue weighted by molar-refractivity contribution is 6.09. The molecule has 1 N–H and O–H groups in total. The molecule has 152 valence electrons. The number of amidine groups is 1. The molecule has 0 aromatic heterocycles. The van der Waals surface area contributed by atoms with Gasteiger partial charge >= 0.3 is 0 Å². The molecule has 0 fully saturated rings. The van der Waals surface area contributed by atoms with Gasteiger partial charge in [-0.25, -0.2) is 0 Å². The van der Waals surface area contributed by atoms with Crippen molar-refractivity contribution >= 4 is 22.2 Å². The number of aliphatic hydroxyl groups excluding tert-OH is 1. The van der Waals surface area contributed by atoms with Crippen LogP contribution in [-0.4, -0.2) is 42.4 Å². The van der Waals surface area contributed by atoms with Crippen molar-refractivity contribution in [1.82, 2.24) is 5.12 Å². The fraction of sp³-hybridized carbons (Fsp3) is 0.375. The van der Waals surface area contributed by atoms with Gasteiger partial charge in [-0.3, -0.25) is 4.99 Å². The van der Waals surface area contributed by atoms with Crippen molar-refractivity contribution in [3.05, 3.63) is 59.7 Å². The van der Waals surface area contributed by atoms with Gasteiger partial charge in [-0.05, 0) is 40.7 Å². The fourth-order valence-electron chi connectivity index (χ4n) is 3.94. The molecule has 0 spiro atoms. The topological polar surface area (TPSA) is 45.1 Å². The average Bonchev–Trinajstić information content (AvgIpc) is 3.17. The second-order valence-corrected chi connectivity index (χ2v) is 7.92. The zero-order valence-electron chi connectivity index (χ0n) is 17.0. The van der Waals surface area contributed by atoms with E-state index in [1.165, 1.54) is 0 Å². The summed E-state index contributed by atoms with van der Waals surface area (Å²) in [5, 5.41) is 12.1. The summed E-state index contributed by atoms with van der Waals surface area (Å²) in [5.74, 6) is 0.876. The fourth-order valence-corrected chi connectivity index (χ4v) is 3.94. The Morgan fingerprint density at radius 3 is 2.79 bits per heavy atom. The van der Waals surface area contributed by atoms with E-state index in [0.717, 1.165) is 34.8 Å². The van der Waals surface area contributed by atoms with Gasteiger partial charge in [0.05, 0.1) is 25.3 Å². The Morgan fingerprint density at radius 2 is 2.14 bits per heavy atom. The van der Waals surface area contributed by atoms with E-state index in [4.69, 9.17) is 4.74 Å². The number of ether oxygens (including phenoxy) is 1. The summed E-state index contributed by atoms with van der Waals surface area (Å²) in [4.78, 5) is 4.37. The van der Waals surface area contributed by atoms with E-state index in [1.807, 2.05) is 24.3 Å². The van der Waals surface area contributed by atoms with Gasteiger partial charge in [-0.1, -0.05) is 60.8 Å². The zero-order chi connectivity index (χ0) is 20.4. The lowest BCUT2D eigenvalue weighted by molar-refractivity contribution is 0.138. The molecule has 29 heavy (non-hydrogen) atoms. The maximum Gasteiger partial charge on any atom is 0.164 e. The van der Waals surface area contributed by atoms with Crippen molar-refractivity contribution < 1.29 is 14.3 Å². The second kappa shape index (κ2) is 7.99. The molecule has 2 aliphatic rings.